The smallest absolute Gasteiger partial charge is 0.242 e. The molecule has 0 spiro atoms. The molecule has 0 saturated heterocycles. The molecule has 1 aromatic carbocycles. The Labute approximate surface area is 124 Å². The number of carbonyl (C=O) groups is 1. The van der Waals surface area contributed by atoms with Crippen LogP contribution in [0.1, 0.15) is 32.8 Å². The summed E-state index contributed by atoms with van der Waals surface area (Å²) in [5.41, 5.74) is 2.13. The molecule has 0 radical (unpaired) electrons. The maximum absolute atomic E-state index is 11.9. The van der Waals surface area contributed by atoms with Crippen molar-refractivity contribution in [1.82, 2.24) is 5.32 Å². The Morgan fingerprint density at radius 2 is 2.00 bits per heavy atom. The summed E-state index contributed by atoms with van der Waals surface area (Å²) < 4.78 is 0.981. The van der Waals surface area contributed by atoms with E-state index in [4.69, 9.17) is 0 Å². The number of aryl methyl sites for hydroxylation is 1. The van der Waals surface area contributed by atoms with Gasteiger partial charge in [0.05, 0.1) is 0 Å². The number of hydrogen-bond acceptors (Lipinski definition) is 2. The first kappa shape index (κ1) is 16.0. The van der Waals surface area contributed by atoms with E-state index in [0.29, 0.717) is 5.92 Å². The van der Waals surface area contributed by atoms with Gasteiger partial charge in [-0.15, -0.1) is 0 Å². The quantitative estimate of drug-likeness (QED) is 0.836. The Kier molecular flexibility index (Phi) is 6.35. The third-order valence-corrected chi connectivity index (χ3v) is 3.57. The molecule has 1 amide bonds. The standard InChI is InChI=1S/C15H23BrN2O/c1-10(2)7-8-17-15(19)12(4)18-14-6-5-11(3)9-13(14)16/h5-6,9-10,12,18H,7-8H2,1-4H3,(H,17,19). The lowest BCUT2D eigenvalue weighted by Gasteiger charge is -2.17. The second kappa shape index (κ2) is 7.53. The lowest BCUT2D eigenvalue weighted by molar-refractivity contribution is -0.121. The van der Waals surface area contributed by atoms with Crippen molar-refractivity contribution >= 4 is 27.5 Å². The Bertz CT molecular complexity index is 432. The number of carbonyl (C=O) groups excluding carboxylic acids is 1. The van der Waals surface area contributed by atoms with Crippen LogP contribution in [0.2, 0.25) is 0 Å². The van der Waals surface area contributed by atoms with Crippen molar-refractivity contribution in [2.24, 2.45) is 5.92 Å². The number of rotatable bonds is 6. The summed E-state index contributed by atoms with van der Waals surface area (Å²) in [7, 11) is 0. The van der Waals surface area contributed by atoms with Crippen LogP contribution in [0.25, 0.3) is 0 Å². The summed E-state index contributed by atoms with van der Waals surface area (Å²) in [6, 6.07) is 5.80. The molecule has 0 aliphatic heterocycles. The van der Waals surface area contributed by atoms with Gasteiger partial charge in [0.1, 0.15) is 6.04 Å². The predicted molar refractivity (Wildman–Crippen MR) is 84.4 cm³/mol. The van der Waals surface area contributed by atoms with Crippen molar-refractivity contribution in [3.8, 4) is 0 Å². The third kappa shape index (κ3) is 5.64. The molecule has 1 rings (SSSR count). The van der Waals surface area contributed by atoms with Crippen molar-refractivity contribution in [1.29, 1.82) is 0 Å². The van der Waals surface area contributed by atoms with Crippen LogP contribution in [-0.2, 0) is 4.79 Å². The van der Waals surface area contributed by atoms with Gasteiger partial charge in [-0.1, -0.05) is 19.9 Å². The van der Waals surface area contributed by atoms with Crippen LogP contribution in [-0.4, -0.2) is 18.5 Å². The van der Waals surface area contributed by atoms with Crippen LogP contribution < -0.4 is 10.6 Å². The highest BCUT2D eigenvalue weighted by atomic mass is 79.9. The van der Waals surface area contributed by atoms with Gasteiger partial charge in [-0.2, -0.15) is 0 Å². The van der Waals surface area contributed by atoms with E-state index >= 15 is 0 Å². The molecule has 4 heteroatoms. The molecule has 0 heterocycles. The van der Waals surface area contributed by atoms with Crippen LogP contribution >= 0.6 is 15.9 Å². The van der Waals surface area contributed by atoms with Gasteiger partial charge in [0.2, 0.25) is 5.91 Å². The topological polar surface area (TPSA) is 41.1 Å². The lowest BCUT2D eigenvalue weighted by Crippen LogP contribution is -2.38. The number of nitrogens with one attached hydrogen (secondary N) is 2. The Balaban J connectivity index is 2.49. The number of amides is 1. The minimum absolute atomic E-state index is 0.0353. The van der Waals surface area contributed by atoms with Gasteiger partial charge in [-0.3, -0.25) is 4.79 Å². The maximum atomic E-state index is 11.9. The molecule has 0 bridgehead atoms. The van der Waals surface area contributed by atoms with Crippen LogP contribution in [0.5, 0.6) is 0 Å². The van der Waals surface area contributed by atoms with Crippen LogP contribution in [0, 0.1) is 12.8 Å². The van der Waals surface area contributed by atoms with E-state index in [0.717, 1.165) is 23.1 Å². The van der Waals surface area contributed by atoms with Crippen molar-refractivity contribution in [2.45, 2.75) is 40.2 Å². The number of anilines is 1. The van der Waals surface area contributed by atoms with Crippen molar-refractivity contribution in [3.63, 3.8) is 0 Å². The fourth-order valence-electron chi connectivity index (χ4n) is 1.67. The average molecular weight is 327 g/mol. The van der Waals surface area contributed by atoms with E-state index < -0.39 is 0 Å². The molecule has 3 nitrogen and oxygen atoms in total. The van der Waals surface area contributed by atoms with E-state index in [2.05, 4.69) is 40.4 Å². The van der Waals surface area contributed by atoms with Crippen molar-refractivity contribution in [2.75, 3.05) is 11.9 Å². The highest BCUT2D eigenvalue weighted by molar-refractivity contribution is 9.10. The minimum Gasteiger partial charge on any atom is -0.373 e. The fraction of sp³-hybridized carbons (Fsp3) is 0.533. The highest BCUT2D eigenvalue weighted by Gasteiger charge is 2.13. The normalized spacial score (nSPS) is 12.3. The zero-order valence-electron chi connectivity index (χ0n) is 12.1. The number of halogens is 1. The summed E-state index contributed by atoms with van der Waals surface area (Å²) >= 11 is 3.50. The van der Waals surface area contributed by atoms with Crippen LogP contribution in [0.15, 0.2) is 22.7 Å². The lowest BCUT2D eigenvalue weighted by atomic mass is 10.1. The molecule has 2 N–H and O–H groups in total. The minimum atomic E-state index is -0.244. The second-order valence-electron chi connectivity index (χ2n) is 5.32. The summed E-state index contributed by atoms with van der Waals surface area (Å²) in [4.78, 5) is 11.9. The van der Waals surface area contributed by atoms with Crippen molar-refractivity contribution < 1.29 is 4.79 Å². The Morgan fingerprint density at radius 1 is 1.32 bits per heavy atom. The molecule has 1 unspecified atom stereocenters. The van der Waals surface area contributed by atoms with Gasteiger partial charge in [0, 0.05) is 16.7 Å². The molecule has 0 aliphatic carbocycles. The van der Waals surface area contributed by atoms with E-state index in [-0.39, 0.29) is 11.9 Å². The molecule has 0 fully saturated rings. The molecule has 0 saturated carbocycles. The zero-order chi connectivity index (χ0) is 14.4. The number of benzene rings is 1. The van der Waals surface area contributed by atoms with Crippen LogP contribution in [0.4, 0.5) is 5.69 Å². The highest BCUT2D eigenvalue weighted by Crippen LogP contribution is 2.23. The van der Waals surface area contributed by atoms with Gasteiger partial charge in [-0.05, 0) is 59.8 Å². The summed E-state index contributed by atoms with van der Waals surface area (Å²) in [6.07, 6.45) is 1.01. The van der Waals surface area contributed by atoms with Gasteiger partial charge in [-0.25, -0.2) is 0 Å². The van der Waals surface area contributed by atoms with Gasteiger partial charge in [0.25, 0.3) is 0 Å². The van der Waals surface area contributed by atoms with E-state index in [9.17, 15) is 4.79 Å². The Hall–Kier alpha value is -1.03. The molecule has 0 aromatic heterocycles. The predicted octanol–water partition coefficient (Wildman–Crippen LogP) is 3.72. The summed E-state index contributed by atoms with van der Waals surface area (Å²) in [5.74, 6) is 0.642. The zero-order valence-corrected chi connectivity index (χ0v) is 13.7. The monoisotopic (exact) mass is 326 g/mol. The van der Waals surface area contributed by atoms with Gasteiger partial charge in [0.15, 0.2) is 0 Å². The second-order valence-corrected chi connectivity index (χ2v) is 6.18. The average Bonchev–Trinajstić information content (AvgIpc) is 2.32. The van der Waals surface area contributed by atoms with Gasteiger partial charge < -0.3 is 10.6 Å². The van der Waals surface area contributed by atoms with Gasteiger partial charge >= 0.3 is 0 Å². The first-order valence-electron chi connectivity index (χ1n) is 6.70. The third-order valence-electron chi connectivity index (χ3n) is 2.91. The summed E-state index contributed by atoms with van der Waals surface area (Å²) in [6.45, 7) is 8.94. The molecule has 0 aliphatic rings. The first-order valence-corrected chi connectivity index (χ1v) is 7.50. The Morgan fingerprint density at radius 3 is 2.58 bits per heavy atom. The number of hydrogen-bond donors (Lipinski definition) is 2. The molecular weight excluding hydrogens is 304 g/mol. The molecule has 1 atom stereocenters. The SMILES string of the molecule is Cc1ccc(NC(C)C(=O)NCCC(C)C)c(Br)c1. The van der Waals surface area contributed by atoms with E-state index in [1.54, 1.807) is 0 Å². The van der Waals surface area contributed by atoms with Crippen LogP contribution in [0.3, 0.4) is 0 Å². The van der Waals surface area contributed by atoms with E-state index in [1.807, 2.05) is 32.0 Å². The summed E-state index contributed by atoms with van der Waals surface area (Å²) in [5, 5.41) is 6.16. The molecule has 106 valence electrons. The fourth-order valence-corrected chi connectivity index (χ4v) is 2.28. The molecular formula is C15H23BrN2O. The maximum Gasteiger partial charge on any atom is 0.242 e. The largest absolute Gasteiger partial charge is 0.373 e. The van der Waals surface area contributed by atoms with Crippen molar-refractivity contribution in [3.05, 3.63) is 28.2 Å². The van der Waals surface area contributed by atoms with E-state index in [1.165, 1.54) is 5.56 Å². The first-order chi connectivity index (χ1) is 8.90. The molecule has 1 aromatic rings. The molecule has 19 heavy (non-hydrogen) atoms.